The molecule has 2 heterocycles. The lowest BCUT2D eigenvalue weighted by atomic mass is 10.1. The summed E-state index contributed by atoms with van der Waals surface area (Å²) >= 11 is 3.35. The first-order valence-electron chi connectivity index (χ1n) is 8.02. The Balaban J connectivity index is 1.70. The number of nitrogens with one attached hydrogen (secondary N) is 1. The molecule has 0 spiro atoms. The van der Waals surface area contributed by atoms with Crippen LogP contribution >= 0.6 is 15.9 Å². The quantitative estimate of drug-likeness (QED) is 0.769. The van der Waals surface area contributed by atoms with Crippen molar-refractivity contribution in [3.05, 3.63) is 58.2 Å². The number of morpholine rings is 1. The Kier molecular flexibility index (Phi) is 6.06. The van der Waals surface area contributed by atoms with Crippen molar-refractivity contribution in [1.29, 1.82) is 0 Å². The number of aromatic nitrogens is 1. The topological polar surface area (TPSA) is 71.5 Å². The summed E-state index contributed by atoms with van der Waals surface area (Å²) in [4.78, 5) is 4.27. The van der Waals surface area contributed by atoms with E-state index >= 15 is 0 Å². The van der Waals surface area contributed by atoms with Gasteiger partial charge in [0.05, 0.1) is 19.0 Å². The molecule has 1 N–H and O–H groups in total. The van der Waals surface area contributed by atoms with E-state index < -0.39 is 10.0 Å². The molecular weight excluding hydrogens is 406 g/mol. The predicted molar refractivity (Wildman–Crippen MR) is 101 cm³/mol. The molecule has 0 atom stereocenters. The summed E-state index contributed by atoms with van der Waals surface area (Å²) in [6.07, 6.45) is 1.72. The summed E-state index contributed by atoms with van der Waals surface area (Å²) < 4.78 is 33.0. The minimum atomic E-state index is -3.34. The van der Waals surface area contributed by atoms with Crippen molar-refractivity contribution in [3.63, 3.8) is 0 Å². The van der Waals surface area contributed by atoms with E-state index in [0.29, 0.717) is 32.8 Å². The number of halogens is 1. The number of benzene rings is 1. The highest BCUT2D eigenvalue weighted by Crippen LogP contribution is 2.18. The first-order chi connectivity index (χ1) is 12.0. The SMILES string of the molecule is O=S(=O)(Cc1ccccc1CNc1ccc(Br)cn1)N1CCOCC1. The van der Waals surface area contributed by atoms with E-state index in [1.165, 1.54) is 4.31 Å². The second-order valence-corrected chi connectivity index (χ2v) is 8.64. The third-order valence-corrected chi connectivity index (χ3v) is 6.30. The molecule has 2 aromatic rings. The van der Waals surface area contributed by atoms with E-state index in [1.807, 2.05) is 36.4 Å². The van der Waals surface area contributed by atoms with Crippen LogP contribution in [0.1, 0.15) is 11.1 Å². The molecule has 1 saturated heterocycles. The molecule has 134 valence electrons. The minimum Gasteiger partial charge on any atom is -0.379 e. The van der Waals surface area contributed by atoms with Gasteiger partial charge in [-0.25, -0.2) is 13.4 Å². The zero-order valence-corrected chi connectivity index (χ0v) is 16.1. The zero-order valence-electron chi connectivity index (χ0n) is 13.7. The van der Waals surface area contributed by atoms with Gasteiger partial charge in [-0.2, -0.15) is 4.31 Å². The van der Waals surface area contributed by atoms with E-state index in [9.17, 15) is 8.42 Å². The van der Waals surface area contributed by atoms with Gasteiger partial charge in [-0.15, -0.1) is 0 Å². The average molecular weight is 426 g/mol. The van der Waals surface area contributed by atoms with Gasteiger partial charge in [-0.3, -0.25) is 0 Å². The highest BCUT2D eigenvalue weighted by atomic mass is 79.9. The van der Waals surface area contributed by atoms with Crippen LogP contribution in [0.4, 0.5) is 5.82 Å². The van der Waals surface area contributed by atoms with Crippen LogP contribution in [0.5, 0.6) is 0 Å². The molecule has 1 aliphatic rings. The van der Waals surface area contributed by atoms with Gasteiger partial charge in [0.25, 0.3) is 0 Å². The number of pyridine rings is 1. The molecule has 0 amide bonds. The number of rotatable bonds is 6. The Hall–Kier alpha value is -1.48. The predicted octanol–water partition coefficient (Wildman–Crippen LogP) is 2.62. The summed E-state index contributed by atoms with van der Waals surface area (Å²) in [7, 11) is -3.34. The highest BCUT2D eigenvalue weighted by Gasteiger charge is 2.25. The van der Waals surface area contributed by atoms with Crippen molar-refractivity contribution >= 4 is 31.8 Å². The Labute approximate surface area is 156 Å². The number of hydrogen-bond donors (Lipinski definition) is 1. The third kappa shape index (κ3) is 5.01. The zero-order chi connectivity index (χ0) is 17.7. The van der Waals surface area contributed by atoms with Crippen molar-refractivity contribution in [3.8, 4) is 0 Å². The Morgan fingerprint density at radius 1 is 1.12 bits per heavy atom. The average Bonchev–Trinajstić information content (AvgIpc) is 2.63. The van der Waals surface area contributed by atoms with Gasteiger partial charge in [0.1, 0.15) is 5.82 Å². The van der Waals surface area contributed by atoms with Crippen molar-refractivity contribution in [2.45, 2.75) is 12.3 Å². The molecule has 25 heavy (non-hydrogen) atoms. The molecule has 0 saturated carbocycles. The second-order valence-electron chi connectivity index (χ2n) is 5.75. The molecule has 1 aromatic heterocycles. The van der Waals surface area contributed by atoms with Crippen LogP contribution < -0.4 is 5.32 Å². The number of nitrogens with zero attached hydrogens (tertiary/aromatic N) is 2. The van der Waals surface area contributed by atoms with Gasteiger partial charge >= 0.3 is 0 Å². The number of hydrogen-bond acceptors (Lipinski definition) is 5. The van der Waals surface area contributed by atoms with Gasteiger partial charge in [0.15, 0.2) is 0 Å². The Morgan fingerprint density at radius 2 is 1.84 bits per heavy atom. The van der Waals surface area contributed by atoms with E-state index in [4.69, 9.17) is 4.74 Å². The molecule has 0 unspecified atom stereocenters. The van der Waals surface area contributed by atoms with E-state index in [2.05, 4.69) is 26.2 Å². The van der Waals surface area contributed by atoms with Gasteiger partial charge in [-0.1, -0.05) is 24.3 Å². The lowest BCUT2D eigenvalue weighted by Gasteiger charge is -2.26. The Bertz CT molecular complexity index is 806. The summed E-state index contributed by atoms with van der Waals surface area (Å²) in [5, 5.41) is 3.23. The van der Waals surface area contributed by atoms with E-state index in [0.717, 1.165) is 21.4 Å². The number of ether oxygens (including phenoxy) is 1. The molecule has 8 heteroatoms. The van der Waals surface area contributed by atoms with Gasteiger partial charge < -0.3 is 10.1 Å². The first-order valence-corrected chi connectivity index (χ1v) is 10.4. The molecule has 0 aliphatic carbocycles. The fourth-order valence-corrected chi connectivity index (χ4v) is 4.45. The van der Waals surface area contributed by atoms with E-state index in [-0.39, 0.29) is 5.75 Å². The summed E-state index contributed by atoms with van der Waals surface area (Å²) in [5.74, 6) is 0.743. The summed E-state index contributed by atoms with van der Waals surface area (Å²) in [5.41, 5.74) is 1.75. The molecular formula is C17H20BrN3O3S. The lowest BCUT2D eigenvalue weighted by Crippen LogP contribution is -2.41. The van der Waals surface area contributed by atoms with Crippen LogP contribution in [0.3, 0.4) is 0 Å². The van der Waals surface area contributed by atoms with Crippen LogP contribution in [0, 0.1) is 0 Å². The molecule has 0 radical (unpaired) electrons. The molecule has 3 rings (SSSR count). The van der Waals surface area contributed by atoms with Crippen LogP contribution in [-0.2, 0) is 27.1 Å². The van der Waals surface area contributed by atoms with Crippen molar-refractivity contribution in [1.82, 2.24) is 9.29 Å². The van der Waals surface area contributed by atoms with Gasteiger partial charge in [0, 0.05) is 30.3 Å². The maximum atomic E-state index is 12.7. The van der Waals surface area contributed by atoms with Crippen molar-refractivity contribution < 1.29 is 13.2 Å². The Morgan fingerprint density at radius 3 is 2.52 bits per heavy atom. The van der Waals surface area contributed by atoms with E-state index in [1.54, 1.807) is 6.20 Å². The maximum Gasteiger partial charge on any atom is 0.218 e. The molecule has 6 nitrogen and oxygen atoms in total. The number of sulfonamides is 1. The van der Waals surface area contributed by atoms with Crippen molar-refractivity contribution in [2.75, 3.05) is 31.6 Å². The molecule has 1 aliphatic heterocycles. The second kappa shape index (κ2) is 8.27. The van der Waals surface area contributed by atoms with Crippen LogP contribution in [0.15, 0.2) is 47.1 Å². The fraction of sp³-hybridized carbons (Fsp3) is 0.353. The normalized spacial score (nSPS) is 15.9. The maximum absolute atomic E-state index is 12.7. The third-order valence-electron chi connectivity index (χ3n) is 4.01. The molecule has 0 bridgehead atoms. The highest BCUT2D eigenvalue weighted by molar-refractivity contribution is 9.10. The molecule has 1 aromatic carbocycles. The fourth-order valence-electron chi connectivity index (χ4n) is 2.65. The van der Waals surface area contributed by atoms with Gasteiger partial charge in [-0.05, 0) is 39.2 Å². The minimum absolute atomic E-state index is 0.00137. The summed E-state index contributed by atoms with van der Waals surface area (Å²) in [6.45, 7) is 2.27. The number of anilines is 1. The smallest absolute Gasteiger partial charge is 0.218 e. The van der Waals surface area contributed by atoms with Gasteiger partial charge in [0.2, 0.25) is 10.0 Å². The first kappa shape index (κ1) is 18.3. The molecule has 1 fully saturated rings. The van der Waals surface area contributed by atoms with Crippen LogP contribution in [-0.4, -0.2) is 44.0 Å². The summed E-state index contributed by atoms with van der Waals surface area (Å²) in [6, 6.07) is 11.4. The van der Waals surface area contributed by atoms with Crippen LogP contribution in [0.25, 0.3) is 0 Å². The monoisotopic (exact) mass is 425 g/mol. The largest absolute Gasteiger partial charge is 0.379 e. The lowest BCUT2D eigenvalue weighted by molar-refractivity contribution is 0.0729. The van der Waals surface area contributed by atoms with Crippen LogP contribution in [0.2, 0.25) is 0 Å². The van der Waals surface area contributed by atoms with Crippen molar-refractivity contribution in [2.24, 2.45) is 0 Å². The standard InChI is InChI=1S/C17H20BrN3O3S/c18-16-5-6-17(20-12-16)19-11-14-3-1-2-4-15(14)13-25(22,23)21-7-9-24-10-8-21/h1-6,12H,7-11,13H2,(H,19,20).